The second-order valence-corrected chi connectivity index (χ2v) is 5.42. The van der Waals surface area contributed by atoms with Crippen LogP contribution in [0.15, 0.2) is 78.4 Å². The van der Waals surface area contributed by atoms with Crippen LogP contribution in [0.3, 0.4) is 0 Å². The third-order valence-electron chi connectivity index (χ3n) is 3.89. The Morgan fingerprint density at radius 2 is 1.80 bits per heavy atom. The molecule has 128 valence electrons. The number of aromatic amines is 1. The van der Waals surface area contributed by atoms with Crippen LogP contribution in [0.2, 0.25) is 0 Å². The molecular weight excluding hydrogens is 355 g/mol. The summed E-state index contributed by atoms with van der Waals surface area (Å²) in [6, 6.07) is 16.9. The lowest BCUT2D eigenvalue weighted by Gasteiger charge is -2.21. The Morgan fingerprint density at radius 1 is 0.960 bits per heavy atom. The number of benzene rings is 2. The largest absolute Gasteiger partial charge is 0.347 e. The van der Waals surface area contributed by atoms with Crippen molar-refractivity contribution in [2.75, 3.05) is 4.90 Å². The second-order valence-electron chi connectivity index (χ2n) is 5.42. The zero-order chi connectivity index (χ0) is 15.5. The molecule has 0 saturated heterocycles. The van der Waals surface area contributed by atoms with E-state index in [0.717, 1.165) is 23.5 Å². The number of rotatable bonds is 3. The van der Waals surface area contributed by atoms with E-state index in [9.17, 15) is 0 Å². The van der Waals surface area contributed by atoms with Crippen molar-refractivity contribution in [1.29, 1.82) is 0 Å². The fourth-order valence-electron chi connectivity index (χ4n) is 2.74. The number of hydrogen-bond acceptors (Lipinski definition) is 3. The van der Waals surface area contributed by atoms with Crippen molar-refractivity contribution >= 4 is 36.7 Å². The van der Waals surface area contributed by atoms with Gasteiger partial charge < -0.3 is 9.88 Å². The summed E-state index contributed by atoms with van der Waals surface area (Å²) in [6.45, 7) is 0.734. The van der Waals surface area contributed by atoms with E-state index in [1.165, 1.54) is 11.1 Å². The van der Waals surface area contributed by atoms with Crippen LogP contribution in [0, 0.1) is 0 Å². The normalized spacial score (nSPS) is 11.9. The quantitative estimate of drug-likeness (QED) is 0.715. The van der Waals surface area contributed by atoms with Crippen LogP contribution in [0.1, 0.15) is 11.3 Å². The summed E-state index contributed by atoms with van der Waals surface area (Å²) in [5, 5.41) is 0. The van der Waals surface area contributed by atoms with E-state index in [0.29, 0.717) is 0 Å². The molecule has 0 radical (unpaired) electrons. The van der Waals surface area contributed by atoms with Gasteiger partial charge in [0.15, 0.2) is 0 Å². The molecule has 3 aromatic rings. The smallest absolute Gasteiger partial charge is 0.0922 e. The second kappa shape index (κ2) is 8.51. The molecule has 25 heavy (non-hydrogen) atoms. The number of imidazole rings is 1. The maximum absolute atomic E-state index is 4.35. The van der Waals surface area contributed by atoms with E-state index < -0.39 is 0 Å². The van der Waals surface area contributed by atoms with Gasteiger partial charge in [-0.15, -0.1) is 24.8 Å². The predicted octanol–water partition coefficient (Wildman–Crippen LogP) is 4.83. The number of nitrogens with zero attached hydrogens (tertiary/aromatic N) is 3. The van der Waals surface area contributed by atoms with E-state index in [-0.39, 0.29) is 24.8 Å². The molecule has 0 amide bonds. The Hall–Kier alpha value is -2.56. The van der Waals surface area contributed by atoms with Gasteiger partial charge in [-0.3, -0.25) is 4.99 Å². The van der Waals surface area contributed by atoms with E-state index in [1.54, 1.807) is 6.33 Å². The zero-order valence-electron chi connectivity index (χ0n) is 13.4. The SMILES string of the molecule is C1=CN(Cc2cnc[nH]2)c2ccc(-c3ccccc3)cc2C=N1.Cl.Cl. The number of aromatic nitrogens is 2. The van der Waals surface area contributed by atoms with Crippen LogP contribution in [0.4, 0.5) is 5.69 Å². The van der Waals surface area contributed by atoms with E-state index in [1.807, 2.05) is 30.9 Å². The molecular formula is C19H18Cl2N4. The lowest BCUT2D eigenvalue weighted by molar-refractivity contribution is 0.931. The van der Waals surface area contributed by atoms with Gasteiger partial charge in [0, 0.05) is 36.1 Å². The number of halogens is 2. The summed E-state index contributed by atoms with van der Waals surface area (Å²) >= 11 is 0. The first kappa shape index (κ1) is 18.8. The van der Waals surface area contributed by atoms with Crippen molar-refractivity contribution in [1.82, 2.24) is 9.97 Å². The van der Waals surface area contributed by atoms with Crippen molar-refractivity contribution in [2.45, 2.75) is 6.54 Å². The van der Waals surface area contributed by atoms with E-state index >= 15 is 0 Å². The fourth-order valence-corrected chi connectivity index (χ4v) is 2.74. The van der Waals surface area contributed by atoms with Gasteiger partial charge in [0.2, 0.25) is 0 Å². The third kappa shape index (κ3) is 4.10. The van der Waals surface area contributed by atoms with Gasteiger partial charge in [0.25, 0.3) is 0 Å². The molecule has 1 aromatic heterocycles. The monoisotopic (exact) mass is 372 g/mol. The van der Waals surface area contributed by atoms with Crippen LogP contribution < -0.4 is 4.90 Å². The molecule has 1 N–H and O–H groups in total. The minimum atomic E-state index is 0. The highest BCUT2D eigenvalue weighted by Gasteiger charge is 2.12. The van der Waals surface area contributed by atoms with Gasteiger partial charge in [-0.05, 0) is 23.3 Å². The number of anilines is 1. The summed E-state index contributed by atoms with van der Waals surface area (Å²) in [5.41, 5.74) is 5.71. The molecule has 1 aliphatic rings. The lowest BCUT2D eigenvalue weighted by atomic mass is 10.0. The summed E-state index contributed by atoms with van der Waals surface area (Å²) in [7, 11) is 0. The van der Waals surface area contributed by atoms with Crippen LogP contribution in [-0.2, 0) is 6.54 Å². The van der Waals surface area contributed by atoms with E-state index in [4.69, 9.17) is 0 Å². The minimum absolute atomic E-state index is 0. The topological polar surface area (TPSA) is 44.3 Å². The molecule has 4 rings (SSSR count). The Kier molecular flexibility index (Phi) is 6.39. The highest BCUT2D eigenvalue weighted by Crippen LogP contribution is 2.28. The van der Waals surface area contributed by atoms with Crippen LogP contribution >= 0.6 is 24.8 Å². The molecule has 0 atom stereocenters. The number of aliphatic imine (C=N–C) groups is 1. The first-order chi connectivity index (χ1) is 11.4. The molecule has 0 fully saturated rings. The molecule has 4 nitrogen and oxygen atoms in total. The summed E-state index contributed by atoms with van der Waals surface area (Å²) in [6.07, 6.45) is 9.26. The number of hydrogen-bond donors (Lipinski definition) is 1. The molecule has 0 bridgehead atoms. The number of H-pyrrole nitrogens is 1. The maximum Gasteiger partial charge on any atom is 0.0922 e. The van der Waals surface area contributed by atoms with Gasteiger partial charge in [-0.1, -0.05) is 36.4 Å². The van der Waals surface area contributed by atoms with Gasteiger partial charge in [-0.25, -0.2) is 4.98 Å². The molecule has 2 aromatic carbocycles. The van der Waals surface area contributed by atoms with Crippen molar-refractivity contribution in [3.05, 3.63) is 84.7 Å². The molecule has 2 heterocycles. The predicted molar refractivity (Wildman–Crippen MR) is 108 cm³/mol. The standard InChI is InChI=1S/C19H16N4.2ClH/c1-2-4-15(5-3-1)16-6-7-19-17(10-16)11-20-8-9-23(19)13-18-12-21-14-22-18;;/h1-12,14H,13H2,(H,21,22);2*1H. The Morgan fingerprint density at radius 3 is 2.56 bits per heavy atom. The van der Waals surface area contributed by atoms with Crippen LogP contribution in [0.5, 0.6) is 0 Å². The molecule has 0 saturated carbocycles. The Balaban J connectivity index is 0.00000113. The van der Waals surface area contributed by atoms with Gasteiger partial charge in [0.1, 0.15) is 0 Å². The molecule has 0 aliphatic carbocycles. The zero-order valence-corrected chi connectivity index (χ0v) is 15.0. The van der Waals surface area contributed by atoms with Gasteiger partial charge >= 0.3 is 0 Å². The lowest BCUT2D eigenvalue weighted by Crippen LogP contribution is -2.16. The van der Waals surface area contributed by atoms with Crippen LogP contribution in [-0.4, -0.2) is 16.2 Å². The van der Waals surface area contributed by atoms with E-state index in [2.05, 4.69) is 62.3 Å². The first-order valence-corrected chi connectivity index (χ1v) is 7.53. The number of nitrogens with one attached hydrogen (secondary N) is 1. The Labute approximate surface area is 159 Å². The summed E-state index contributed by atoms with van der Waals surface area (Å²) in [4.78, 5) is 13.8. The van der Waals surface area contributed by atoms with Crippen molar-refractivity contribution in [2.24, 2.45) is 4.99 Å². The van der Waals surface area contributed by atoms with Crippen molar-refractivity contribution in [3.63, 3.8) is 0 Å². The minimum Gasteiger partial charge on any atom is -0.347 e. The first-order valence-electron chi connectivity index (χ1n) is 7.53. The summed E-state index contributed by atoms with van der Waals surface area (Å²) in [5.74, 6) is 0. The number of fused-ring (bicyclic) bond motifs is 1. The van der Waals surface area contributed by atoms with Crippen molar-refractivity contribution < 1.29 is 0 Å². The average Bonchev–Trinajstić information content (AvgIpc) is 3.03. The fraction of sp³-hybridized carbons (Fsp3) is 0.0526. The molecule has 0 unspecified atom stereocenters. The highest BCUT2D eigenvalue weighted by molar-refractivity contribution is 5.91. The van der Waals surface area contributed by atoms with Gasteiger partial charge in [0.05, 0.1) is 18.6 Å². The Bertz CT molecular complexity index is 858. The van der Waals surface area contributed by atoms with Crippen molar-refractivity contribution in [3.8, 4) is 11.1 Å². The average molecular weight is 373 g/mol. The highest BCUT2D eigenvalue weighted by atomic mass is 35.5. The molecule has 6 heteroatoms. The third-order valence-corrected chi connectivity index (χ3v) is 3.89. The molecule has 0 spiro atoms. The van der Waals surface area contributed by atoms with Gasteiger partial charge in [-0.2, -0.15) is 0 Å². The molecule has 1 aliphatic heterocycles. The summed E-state index contributed by atoms with van der Waals surface area (Å²) < 4.78 is 0. The maximum atomic E-state index is 4.35. The van der Waals surface area contributed by atoms with Crippen LogP contribution in [0.25, 0.3) is 11.1 Å².